The minimum Gasteiger partial charge on any atom is -0.392 e. The van der Waals surface area contributed by atoms with Crippen LogP contribution >= 0.6 is 11.8 Å². The molecule has 3 nitrogen and oxygen atoms in total. The molecule has 0 heterocycles. The number of aliphatic hydroxyl groups excluding tert-OH is 1. The lowest BCUT2D eigenvalue weighted by atomic mass is 10.1. The molecule has 0 saturated heterocycles. The third kappa shape index (κ3) is 5.12. The van der Waals surface area contributed by atoms with Crippen LogP contribution in [0.15, 0.2) is 36.4 Å². The molecule has 0 spiro atoms. The van der Waals surface area contributed by atoms with Crippen molar-refractivity contribution in [3.05, 3.63) is 64.2 Å². The first-order valence-corrected chi connectivity index (χ1v) is 8.79. The highest BCUT2D eigenvalue weighted by Crippen LogP contribution is 2.22. The molecule has 2 aromatic carbocycles. The first kappa shape index (κ1) is 17.6. The lowest BCUT2D eigenvalue weighted by Crippen LogP contribution is -2.16. The predicted molar refractivity (Wildman–Crippen MR) is 97.8 cm³/mol. The van der Waals surface area contributed by atoms with Gasteiger partial charge in [0.05, 0.1) is 12.4 Å². The molecule has 0 aliphatic carbocycles. The number of aliphatic hydroxyl groups is 1. The maximum absolute atomic E-state index is 12.1. The van der Waals surface area contributed by atoms with Gasteiger partial charge >= 0.3 is 0 Å². The number of aryl methyl sites for hydroxylation is 3. The van der Waals surface area contributed by atoms with Crippen molar-refractivity contribution in [3.63, 3.8) is 0 Å². The fourth-order valence-corrected chi connectivity index (χ4v) is 3.34. The van der Waals surface area contributed by atoms with Gasteiger partial charge in [-0.3, -0.25) is 4.79 Å². The van der Waals surface area contributed by atoms with Crippen LogP contribution in [0.1, 0.15) is 27.8 Å². The third-order valence-electron chi connectivity index (χ3n) is 3.65. The Balaban J connectivity index is 1.85. The number of hydrogen-bond acceptors (Lipinski definition) is 3. The average Bonchev–Trinajstić information content (AvgIpc) is 2.51. The van der Waals surface area contributed by atoms with Gasteiger partial charge in [0, 0.05) is 11.4 Å². The highest BCUT2D eigenvalue weighted by atomic mass is 32.2. The number of anilines is 1. The fourth-order valence-electron chi connectivity index (χ4n) is 2.56. The van der Waals surface area contributed by atoms with Gasteiger partial charge in [0.25, 0.3) is 0 Å². The first-order valence-electron chi connectivity index (χ1n) is 7.63. The molecule has 0 bridgehead atoms. The van der Waals surface area contributed by atoms with Gasteiger partial charge in [0.1, 0.15) is 0 Å². The van der Waals surface area contributed by atoms with E-state index in [9.17, 15) is 4.79 Å². The SMILES string of the molecule is Cc1cc(C)c(NC(=O)CSCc2ccc(CO)cc2)c(C)c1. The van der Waals surface area contributed by atoms with E-state index in [0.29, 0.717) is 5.75 Å². The molecule has 0 saturated carbocycles. The highest BCUT2D eigenvalue weighted by molar-refractivity contribution is 7.99. The van der Waals surface area contributed by atoms with Crippen molar-refractivity contribution in [1.82, 2.24) is 0 Å². The van der Waals surface area contributed by atoms with Crippen LogP contribution in [0, 0.1) is 20.8 Å². The number of hydrogen-bond donors (Lipinski definition) is 2. The van der Waals surface area contributed by atoms with Crippen LogP contribution in [0.4, 0.5) is 5.69 Å². The molecule has 122 valence electrons. The summed E-state index contributed by atoms with van der Waals surface area (Å²) < 4.78 is 0. The van der Waals surface area contributed by atoms with Gasteiger partial charge in [-0.25, -0.2) is 0 Å². The van der Waals surface area contributed by atoms with Crippen LogP contribution in [-0.2, 0) is 17.2 Å². The Morgan fingerprint density at radius 1 is 1.04 bits per heavy atom. The van der Waals surface area contributed by atoms with Gasteiger partial charge < -0.3 is 10.4 Å². The lowest BCUT2D eigenvalue weighted by Gasteiger charge is -2.12. The highest BCUT2D eigenvalue weighted by Gasteiger charge is 2.08. The molecule has 4 heteroatoms. The van der Waals surface area contributed by atoms with Crippen molar-refractivity contribution in [2.75, 3.05) is 11.1 Å². The summed E-state index contributed by atoms with van der Waals surface area (Å²) in [6.45, 7) is 6.16. The zero-order chi connectivity index (χ0) is 16.8. The maximum Gasteiger partial charge on any atom is 0.234 e. The summed E-state index contributed by atoms with van der Waals surface area (Å²) in [7, 11) is 0. The minimum absolute atomic E-state index is 0.0250. The van der Waals surface area contributed by atoms with Gasteiger partial charge in [-0.15, -0.1) is 11.8 Å². The van der Waals surface area contributed by atoms with Gasteiger partial charge in [-0.1, -0.05) is 42.0 Å². The number of carbonyl (C=O) groups excluding carboxylic acids is 1. The van der Waals surface area contributed by atoms with E-state index in [-0.39, 0.29) is 12.5 Å². The van der Waals surface area contributed by atoms with E-state index in [2.05, 4.69) is 24.4 Å². The molecule has 0 fully saturated rings. The van der Waals surface area contributed by atoms with Gasteiger partial charge in [0.2, 0.25) is 5.91 Å². The second kappa shape index (κ2) is 8.18. The van der Waals surface area contributed by atoms with Crippen LogP contribution in [0.5, 0.6) is 0 Å². The van der Waals surface area contributed by atoms with Crippen molar-refractivity contribution in [2.24, 2.45) is 0 Å². The minimum atomic E-state index is 0.0250. The van der Waals surface area contributed by atoms with Gasteiger partial charge in [-0.05, 0) is 43.0 Å². The number of nitrogens with one attached hydrogen (secondary N) is 1. The molecular formula is C19H23NO2S. The fraction of sp³-hybridized carbons (Fsp3) is 0.316. The van der Waals surface area contributed by atoms with Gasteiger partial charge in [0.15, 0.2) is 0 Å². The van der Waals surface area contributed by atoms with Crippen LogP contribution in [0.2, 0.25) is 0 Å². The molecule has 0 atom stereocenters. The number of thioether (sulfide) groups is 1. The van der Waals surface area contributed by atoms with E-state index in [1.165, 1.54) is 5.56 Å². The van der Waals surface area contributed by atoms with Crippen molar-refractivity contribution < 1.29 is 9.90 Å². The normalized spacial score (nSPS) is 10.6. The molecule has 0 aromatic heterocycles. The zero-order valence-corrected chi connectivity index (χ0v) is 14.7. The number of rotatable bonds is 6. The van der Waals surface area contributed by atoms with E-state index in [1.807, 2.05) is 38.1 Å². The molecule has 0 aliphatic rings. The van der Waals surface area contributed by atoms with E-state index < -0.39 is 0 Å². The van der Waals surface area contributed by atoms with E-state index in [0.717, 1.165) is 33.7 Å². The summed E-state index contributed by atoms with van der Waals surface area (Å²) in [5.41, 5.74) is 6.39. The Labute approximate surface area is 142 Å². The number of benzene rings is 2. The predicted octanol–water partition coefficient (Wildman–Crippen LogP) is 3.98. The van der Waals surface area contributed by atoms with Crippen LogP contribution < -0.4 is 5.32 Å². The Bertz CT molecular complexity index is 657. The molecule has 2 aromatic rings. The number of carbonyl (C=O) groups is 1. The Hall–Kier alpha value is -1.78. The first-order chi connectivity index (χ1) is 11.0. The summed E-state index contributed by atoms with van der Waals surface area (Å²) in [6.07, 6.45) is 0. The van der Waals surface area contributed by atoms with Gasteiger partial charge in [-0.2, -0.15) is 0 Å². The second-order valence-electron chi connectivity index (χ2n) is 5.79. The molecule has 0 aliphatic heterocycles. The summed E-state index contributed by atoms with van der Waals surface area (Å²) in [4.78, 5) is 12.1. The molecule has 23 heavy (non-hydrogen) atoms. The van der Waals surface area contributed by atoms with Crippen molar-refractivity contribution in [3.8, 4) is 0 Å². The molecule has 0 radical (unpaired) electrons. The lowest BCUT2D eigenvalue weighted by molar-refractivity contribution is -0.113. The van der Waals surface area contributed by atoms with E-state index in [4.69, 9.17) is 5.11 Å². The largest absolute Gasteiger partial charge is 0.392 e. The smallest absolute Gasteiger partial charge is 0.234 e. The molecule has 2 N–H and O–H groups in total. The third-order valence-corrected chi connectivity index (χ3v) is 4.65. The quantitative estimate of drug-likeness (QED) is 0.843. The second-order valence-corrected chi connectivity index (χ2v) is 6.77. The van der Waals surface area contributed by atoms with Crippen molar-refractivity contribution in [2.45, 2.75) is 33.1 Å². The summed E-state index contributed by atoms with van der Waals surface area (Å²) in [6, 6.07) is 12.0. The summed E-state index contributed by atoms with van der Waals surface area (Å²) in [5, 5.41) is 12.0. The summed E-state index contributed by atoms with van der Waals surface area (Å²) in [5.74, 6) is 1.23. The monoisotopic (exact) mass is 329 g/mol. The van der Waals surface area contributed by atoms with E-state index >= 15 is 0 Å². The molecule has 0 unspecified atom stereocenters. The van der Waals surface area contributed by atoms with Crippen LogP contribution in [0.25, 0.3) is 0 Å². The van der Waals surface area contributed by atoms with Crippen LogP contribution in [0.3, 0.4) is 0 Å². The standard InChI is InChI=1S/C19H23NO2S/c1-13-8-14(2)19(15(3)9-13)20-18(22)12-23-11-17-6-4-16(10-21)5-7-17/h4-9,21H,10-12H2,1-3H3,(H,20,22). The molecular weight excluding hydrogens is 306 g/mol. The maximum atomic E-state index is 12.1. The van der Waals surface area contributed by atoms with Crippen molar-refractivity contribution >= 4 is 23.4 Å². The van der Waals surface area contributed by atoms with Crippen molar-refractivity contribution in [1.29, 1.82) is 0 Å². The zero-order valence-electron chi connectivity index (χ0n) is 13.8. The average molecular weight is 329 g/mol. The Morgan fingerprint density at radius 2 is 1.61 bits per heavy atom. The summed E-state index contributed by atoms with van der Waals surface area (Å²) >= 11 is 1.59. The number of amides is 1. The molecule has 1 amide bonds. The topological polar surface area (TPSA) is 49.3 Å². The van der Waals surface area contributed by atoms with Crippen LogP contribution in [-0.4, -0.2) is 16.8 Å². The van der Waals surface area contributed by atoms with E-state index in [1.54, 1.807) is 11.8 Å². The Morgan fingerprint density at radius 3 is 2.17 bits per heavy atom. The molecule has 2 rings (SSSR count). The Kier molecular flexibility index (Phi) is 6.25.